The van der Waals surface area contributed by atoms with Crippen molar-refractivity contribution in [3.8, 4) is 0 Å². The summed E-state index contributed by atoms with van der Waals surface area (Å²) in [5.41, 5.74) is 0. The highest BCUT2D eigenvalue weighted by atomic mass is 16.5. The maximum Gasteiger partial charge on any atom is 0.0495 e. The van der Waals surface area contributed by atoms with Crippen LogP contribution in [0.1, 0.15) is 39.0 Å². The zero-order valence-electron chi connectivity index (χ0n) is 8.85. The van der Waals surface area contributed by atoms with Crippen molar-refractivity contribution in [2.24, 2.45) is 5.92 Å². The summed E-state index contributed by atoms with van der Waals surface area (Å²) < 4.78 is 5.32. The van der Waals surface area contributed by atoms with Gasteiger partial charge in [-0.1, -0.05) is 19.8 Å². The second kappa shape index (κ2) is 7.34. The average molecular weight is 185 g/mol. The number of ether oxygens (including phenoxy) is 1. The van der Waals surface area contributed by atoms with Gasteiger partial charge in [0.2, 0.25) is 0 Å². The van der Waals surface area contributed by atoms with Crippen molar-refractivity contribution in [3.05, 3.63) is 0 Å². The highest BCUT2D eigenvalue weighted by molar-refractivity contribution is 4.65. The summed E-state index contributed by atoms with van der Waals surface area (Å²) in [4.78, 5) is 0. The standard InChI is InChI=1S/C11H23NO/c1-2-3-4-7-12-8-5-11-6-9-13-10-11/h11-12H,2-10H2,1H3. The molecule has 1 atom stereocenters. The maximum atomic E-state index is 5.32. The Hall–Kier alpha value is -0.0800. The van der Waals surface area contributed by atoms with E-state index in [1.165, 1.54) is 45.2 Å². The quantitative estimate of drug-likeness (QED) is 0.614. The van der Waals surface area contributed by atoms with E-state index < -0.39 is 0 Å². The first kappa shape index (κ1) is 11.0. The minimum atomic E-state index is 0.832. The molecule has 0 radical (unpaired) electrons. The second-order valence-electron chi connectivity index (χ2n) is 3.98. The molecule has 0 saturated carbocycles. The van der Waals surface area contributed by atoms with Crippen LogP contribution in [0.25, 0.3) is 0 Å². The lowest BCUT2D eigenvalue weighted by Crippen LogP contribution is -2.19. The molecular weight excluding hydrogens is 162 g/mol. The largest absolute Gasteiger partial charge is 0.381 e. The van der Waals surface area contributed by atoms with Gasteiger partial charge in [0, 0.05) is 13.2 Å². The van der Waals surface area contributed by atoms with Crippen molar-refractivity contribution in [2.75, 3.05) is 26.3 Å². The highest BCUT2D eigenvalue weighted by Gasteiger charge is 2.14. The number of unbranched alkanes of at least 4 members (excludes halogenated alkanes) is 2. The SMILES string of the molecule is CCCCCNCCC1CCOC1. The lowest BCUT2D eigenvalue weighted by atomic mass is 10.1. The summed E-state index contributed by atoms with van der Waals surface area (Å²) in [5.74, 6) is 0.832. The monoisotopic (exact) mass is 185 g/mol. The van der Waals surface area contributed by atoms with Gasteiger partial charge in [0.15, 0.2) is 0 Å². The summed E-state index contributed by atoms with van der Waals surface area (Å²) in [6.07, 6.45) is 6.58. The molecule has 1 unspecified atom stereocenters. The van der Waals surface area contributed by atoms with E-state index in [1.807, 2.05) is 0 Å². The molecule has 1 rings (SSSR count). The molecular formula is C11H23NO. The minimum absolute atomic E-state index is 0.832. The molecule has 2 heteroatoms. The maximum absolute atomic E-state index is 5.32. The van der Waals surface area contributed by atoms with Gasteiger partial charge < -0.3 is 10.1 Å². The van der Waals surface area contributed by atoms with Crippen molar-refractivity contribution in [1.29, 1.82) is 0 Å². The van der Waals surface area contributed by atoms with Crippen molar-refractivity contribution < 1.29 is 4.74 Å². The number of nitrogens with one attached hydrogen (secondary N) is 1. The normalized spacial score (nSPS) is 22.4. The third kappa shape index (κ3) is 5.27. The second-order valence-corrected chi connectivity index (χ2v) is 3.98. The van der Waals surface area contributed by atoms with Crippen molar-refractivity contribution in [1.82, 2.24) is 5.32 Å². The molecule has 1 N–H and O–H groups in total. The van der Waals surface area contributed by atoms with Crippen LogP contribution in [-0.2, 0) is 4.74 Å². The molecule has 0 aromatic heterocycles. The Morgan fingerprint density at radius 1 is 1.31 bits per heavy atom. The summed E-state index contributed by atoms with van der Waals surface area (Å²) in [7, 11) is 0. The van der Waals surface area contributed by atoms with Crippen LogP contribution in [0.5, 0.6) is 0 Å². The summed E-state index contributed by atoms with van der Waals surface area (Å²) >= 11 is 0. The van der Waals surface area contributed by atoms with Gasteiger partial charge in [-0.05, 0) is 38.3 Å². The van der Waals surface area contributed by atoms with E-state index in [4.69, 9.17) is 4.74 Å². The highest BCUT2D eigenvalue weighted by Crippen LogP contribution is 2.14. The Kier molecular flexibility index (Phi) is 6.21. The molecule has 0 aliphatic carbocycles. The van der Waals surface area contributed by atoms with Crippen LogP contribution < -0.4 is 5.32 Å². The molecule has 2 nitrogen and oxygen atoms in total. The molecule has 1 fully saturated rings. The molecule has 13 heavy (non-hydrogen) atoms. The Morgan fingerprint density at radius 3 is 2.92 bits per heavy atom. The van der Waals surface area contributed by atoms with E-state index in [-0.39, 0.29) is 0 Å². The lowest BCUT2D eigenvalue weighted by molar-refractivity contribution is 0.184. The van der Waals surface area contributed by atoms with E-state index in [2.05, 4.69) is 12.2 Å². The Morgan fingerprint density at radius 2 is 2.23 bits per heavy atom. The van der Waals surface area contributed by atoms with Crippen LogP contribution in [0.3, 0.4) is 0 Å². The number of hydrogen-bond donors (Lipinski definition) is 1. The van der Waals surface area contributed by atoms with Crippen molar-refractivity contribution in [3.63, 3.8) is 0 Å². The lowest BCUT2D eigenvalue weighted by Gasteiger charge is -2.07. The fraction of sp³-hybridized carbons (Fsp3) is 1.00. The zero-order valence-corrected chi connectivity index (χ0v) is 8.85. The fourth-order valence-corrected chi connectivity index (χ4v) is 1.74. The smallest absolute Gasteiger partial charge is 0.0495 e. The molecule has 0 amide bonds. The van der Waals surface area contributed by atoms with Crippen LogP contribution in [-0.4, -0.2) is 26.3 Å². The predicted octanol–water partition coefficient (Wildman–Crippen LogP) is 2.19. The molecule has 0 bridgehead atoms. The van der Waals surface area contributed by atoms with Gasteiger partial charge in [0.05, 0.1) is 0 Å². The summed E-state index contributed by atoms with van der Waals surface area (Å²) in [5, 5.41) is 3.49. The Bertz CT molecular complexity index is 111. The first-order chi connectivity index (χ1) is 6.43. The van der Waals surface area contributed by atoms with Crippen LogP contribution in [0, 0.1) is 5.92 Å². The first-order valence-electron chi connectivity index (χ1n) is 5.72. The van der Waals surface area contributed by atoms with E-state index >= 15 is 0 Å². The predicted molar refractivity (Wildman–Crippen MR) is 55.9 cm³/mol. The molecule has 0 aromatic rings. The molecule has 1 heterocycles. The topological polar surface area (TPSA) is 21.3 Å². The van der Waals surface area contributed by atoms with Gasteiger partial charge in [-0.25, -0.2) is 0 Å². The van der Waals surface area contributed by atoms with Gasteiger partial charge in [0.25, 0.3) is 0 Å². The van der Waals surface area contributed by atoms with Gasteiger partial charge >= 0.3 is 0 Å². The van der Waals surface area contributed by atoms with Crippen molar-refractivity contribution in [2.45, 2.75) is 39.0 Å². The van der Waals surface area contributed by atoms with E-state index in [0.717, 1.165) is 19.1 Å². The van der Waals surface area contributed by atoms with Crippen LogP contribution >= 0.6 is 0 Å². The minimum Gasteiger partial charge on any atom is -0.381 e. The van der Waals surface area contributed by atoms with E-state index in [1.54, 1.807) is 0 Å². The van der Waals surface area contributed by atoms with Crippen LogP contribution in [0.2, 0.25) is 0 Å². The zero-order chi connectivity index (χ0) is 9.36. The molecule has 1 aliphatic rings. The number of hydrogen-bond acceptors (Lipinski definition) is 2. The third-order valence-corrected chi connectivity index (χ3v) is 2.71. The first-order valence-corrected chi connectivity index (χ1v) is 5.72. The van der Waals surface area contributed by atoms with E-state index in [0.29, 0.717) is 0 Å². The summed E-state index contributed by atoms with van der Waals surface area (Å²) in [6, 6.07) is 0. The number of rotatable bonds is 7. The van der Waals surface area contributed by atoms with E-state index in [9.17, 15) is 0 Å². The molecule has 78 valence electrons. The van der Waals surface area contributed by atoms with Gasteiger partial charge in [-0.15, -0.1) is 0 Å². The fourth-order valence-electron chi connectivity index (χ4n) is 1.74. The Labute approximate surface area is 82.0 Å². The van der Waals surface area contributed by atoms with Gasteiger partial charge in [0.1, 0.15) is 0 Å². The molecule has 1 saturated heterocycles. The summed E-state index contributed by atoms with van der Waals surface area (Å²) in [6.45, 7) is 6.60. The molecule has 0 aromatic carbocycles. The van der Waals surface area contributed by atoms with Crippen molar-refractivity contribution >= 4 is 0 Å². The van der Waals surface area contributed by atoms with Crippen LogP contribution in [0.4, 0.5) is 0 Å². The molecule has 1 aliphatic heterocycles. The van der Waals surface area contributed by atoms with Gasteiger partial charge in [-0.3, -0.25) is 0 Å². The van der Waals surface area contributed by atoms with Crippen LogP contribution in [0.15, 0.2) is 0 Å². The third-order valence-electron chi connectivity index (χ3n) is 2.71. The molecule has 0 spiro atoms. The van der Waals surface area contributed by atoms with Gasteiger partial charge in [-0.2, -0.15) is 0 Å². The average Bonchev–Trinajstić information content (AvgIpc) is 2.63. The Balaban J connectivity index is 1.78.